The van der Waals surface area contributed by atoms with Crippen molar-refractivity contribution in [1.29, 1.82) is 0 Å². The van der Waals surface area contributed by atoms with Crippen LogP contribution >= 0.6 is 7.52 Å². The Labute approximate surface area is 101 Å². The number of nitrogens with one attached hydrogen (secondary N) is 2. The normalized spacial score (nSPS) is 14.2. The van der Waals surface area contributed by atoms with Crippen LogP contribution in [0.3, 0.4) is 0 Å². The molecule has 0 aromatic heterocycles. The third-order valence-corrected chi connectivity index (χ3v) is 3.43. The molecule has 7 nitrogen and oxygen atoms in total. The molecule has 2 N–H and O–H groups in total. The van der Waals surface area contributed by atoms with Gasteiger partial charge in [0.1, 0.15) is 6.54 Å². The second kappa shape index (κ2) is 7.42. The number of hydrogen-bond donors (Lipinski definition) is 2. The molecular weight excluding hydrogens is 247 g/mol. The molecular formula is C9H19N2O5P. The largest absolute Gasteiger partial charge is 0.465 e. The molecule has 0 fully saturated rings. The van der Waals surface area contributed by atoms with Crippen molar-refractivity contribution in [2.75, 3.05) is 20.3 Å². The number of esters is 1. The fraction of sp³-hybridized carbons (Fsp3) is 0.778. The lowest BCUT2D eigenvalue weighted by atomic mass is 10.4. The lowest BCUT2D eigenvalue weighted by molar-refractivity contribution is -0.141. The van der Waals surface area contributed by atoms with Gasteiger partial charge in [-0.2, -0.15) is 0 Å². The third-order valence-electron chi connectivity index (χ3n) is 1.67. The van der Waals surface area contributed by atoms with E-state index in [-0.39, 0.29) is 19.2 Å². The van der Waals surface area contributed by atoms with Crippen molar-refractivity contribution in [3.63, 3.8) is 0 Å². The van der Waals surface area contributed by atoms with Crippen LogP contribution in [-0.4, -0.2) is 37.9 Å². The van der Waals surface area contributed by atoms with Crippen molar-refractivity contribution in [1.82, 2.24) is 10.4 Å². The second-order valence-electron chi connectivity index (χ2n) is 3.48. The summed E-state index contributed by atoms with van der Waals surface area (Å²) in [4.78, 5) is 22.6. The molecule has 8 heteroatoms. The molecule has 1 amide bonds. The van der Waals surface area contributed by atoms with Gasteiger partial charge in [-0.25, -0.2) is 5.09 Å². The Bertz CT molecular complexity index is 319. The molecule has 0 saturated heterocycles. The second-order valence-corrected chi connectivity index (χ2v) is 5.67. The maximum Gasteiger partial charge on any atom is 0.356 e. The average Bonchev–Trinajstić information content (AvgIpc) is 2.25. The summed E-state index contributed by atoms with van der Waals surface area (Å²) in [6, 6.07) is -0.171. The fourth-order valence-electron chi connectivity index (χ4n) is 0.932. The minimum absolute atomic E-state index is 0.171. The lowest BCUT2D eigenvalue weighted by Gasteiger charge is -2.17. The zero-order valence-corrected chi connectivity index (χ0v) is 11.4. The van der Waals surface area contributed by atoms with Crippen molar-refractivity contribution in [2.24, 2.45) is 0 Å². The summed E-state index contributed by atoms with van der Waals surface area (Å²) < 4.78 is 21.3. The molecule has 0 rings (SSSR count). The van der Waals surface area contributed by atoms with Gasteiger partial charge >= 0.3 is 19.1 Å². The topological polar surface area (TPSA) is 93.7 Å². The molecule has 0 aromatic rings. The zero-order valence-electron chi connectivity index (χ0n) is 10.5. The zero-order chi connectivity index (χ0) is 13.5. The van der Waals surface area contributed by atoms with E-state index in [0.29, 0.717) is 0 Å². The average molecular weight is 266 g/mol. The maximum absolute atomic E-state index is 12.0. The first kappa shape index (κ1) is 16.1. The fourth-order valence-corrected chi connectivity index (χ4v) is 2.14. The van der Waals surface area contributed by atoms with Crippen LogP contribution in [0.5, 0.6) is 0 Å². The van der Waals surface area contributed by atoms with E-state index in [1.54, 1.807) is 20.8 Å². The smallest absolute Gasteiger partial charge is 0.356 e. The molecule has 0 aromatic carbocycles. The van der Waals surface area contributed by atoms with E-state index in [0.717, 1.165) is 7.11 Å². The molecule has 0 bridgehead atoms. The molecule has 1 atom stereocenters. The Balaban J connectivity index is 4.42. The van der Waals surface area contributed by atoms with Gasteiger partial charge in [-0.1, -0.05) is 0 Å². The summed E-state index contributed by atoms with van der Waals surface area (Å²) in [5, 5.41) is 4.73. The number of rotatable bonds is 7. The van der Waals surface area contributed by atoms with Crippen molar-refractivity contribution in [3.8, 4) is 0 Å². The summed E-state index contributed by atoms with van der Waals surface area (Å²) >= 11 is 0. The van der Waals surface area contributed by atoms with Gasteiger partial charge in [-0.05, 0) is 20.8 Å². The molecule has 0 aliphatic carbocycles. The summed E-state index contributed by atoms with van der Waals surface area (Å²) in [6.45, 7) is 4.98. The van der Waals surface area contributed by atoms with Crippen molar-refractivity contribution < 1.29 is 23.4 Å². The molecule has 1 unspecified atom stereocenters. The third kappa shape index (κ3) is 5.81. The van der Waals surface area contributed by atoms with Crippen LogP contribution in [0.1, 0.15) is 20.8 Å². The predicted octanol–water partition coefficient (Wildman–Crippen LogP) is 1.10. The van der Waals surface area contributed by atoms with E-state index < -0.39 is 19.1 Å². The number of amides is 1. The number of hydrogen-bond acceptors (Lipinski definition) is 5. The first-order valence-electron chi connectivity index (χ1n) is 5.23. The lowest BCUT2D eigenvalue weighted by Crippen LogP contribution is -2.34. The molecule has 0 radical (unpaired) electrons. The van der Waals surface area contributed by atoms with E-state index in [9.17, 15) is 14.2 Å². The minimum atomic E-state index is -3.72. The number of carbonyl (C=O) groups is 2. The van der Waals surface area contributed by atoms with Gasteiger partial charge in [-0.3, -0.25) is 14.2 Å². The number of carbonyl (C=O) groups excluding carboxylic acids is 2. The molecule has 0 saturated carbocycles. The highest BCUT2D eigenvalue weighted by Gasteiger charge is 2.32. The SMILES string of the molecule is CCOC(=O)CNP(=O)(OC)C(=O)NC(C)C. The van der Waals surface area contributed by atoms with Crippen LogP contribution in [0.15, 0.2) is 0 Å². The van der Waals surface area contributed by atoms with Gasteiger partial charge in [0.15, 0.2) is 0 Å². The first-order chi connectivity index (χ1) is 7.85. The quantitative estimate of drug-likeness (QED) is 0.529. The molecule has 0 aliphatic heterocycles. The summed E-state index contributed by atoms with van der Waals surface area (Å²) in [5.41, 5.74) is -0.765. The summed E-state index contributed by atoms with van der Waals surface area (Å²) in [7, 11) is -2.59. The van der Waals surface area contributed by atoms with Crippen molar-refractivity contribution >= 4 is 19.1 Å². The predicted molar refractivity (Wildman–Crippen MR) is 62.9 cm³/mol. The van der Waals surface area contributed by atoms with E-state index in [1.165, 1.54) is 0 Å². The monoisotopic (exact) mass is 266 g/mol. The summed E-state index contributed by atoms with van der Waals surface area (Å²) in [6.07, 6.45) is 0. The highest BCUT2D eigenvalue weighted by atomic mass is 31.2. The van der Waals surface area contributed by atoms with Crippen LogP contribution in [0.4, 0.5) is 4.79 Å². The molecule has 100 valence electrons. The van der Waals surface area contributed by atoms with Crippen LogP contribution in [0, 0.1) is 0 Å². The van der Waals surface area contributed by atoms with E-state index in [2.05, 4.69) is 19.7 Å². The maximum atomic E-state index is 12.0. The molecule has 17 heavy (non-hydrogen) atoms. The Morgan fingerprint density at radius 3 is 2.35 bits per heavy atom. The van der Waals surface area contributed by atoms with Crippen LogP contribution in [-0.2, 0) is 18.6 Å². The minimum Gasteiger partial charge on any atom is -0.465 e. The number of ether oxygens (including phenoxy) is 1. The van der Waals surface area contributed by atoms with Gasteiger partial charge in [0.05, 0.1) is 6.61 Å². The van der Waals surface area contributed by atoms with E-state index in [1.807, 2.05) is 0 Å². The van der Waals surface area contributed by atoms with Gasteiger partial charge in [-0.15, -0.1) is 0 Å². The molecule has 0 spiro atoms. The van der Waals surface area contributed by atoms with E-state index >= 15 is 0 Å². The Hall–Kier alpha value is -0.910. The van der Waals surface area contributed by atoms with Gasteiger partial charge < -0.3 is 14.6 Å². The van der Waals surface area contributed by atoms with Crippen molar-refractivity contribution in [3.05, 3.63) is 0 Å². The van der Waals surface area contributed by atoms with Crippen molar-refractivity contribution in [2.45, 2.75) is 26.8 Å². The van der Waals surface area contributed by atoms with Crippen LogP contribution in [0.25, 0.3) is 0 Å². The van der Waals surface area contributed by atoms with Gasteiger partial charge in [0.2, 0.25) is 0 Å². The highest BCUT2D eigenvalue weighted by Crippen LogP contribution is 2.41. The van der Waals surface area contributed by atoms with Crippen LogP contribution < -0.4 is 10.4 Å². The van der Waals surface area contributed by atoms with Crippen LogP contribution in [0.2, 0.25) is 0 Å². The first-order valence-corrected chi connectivity index (χ1v) is 6.85. The Morgan fingerprint density at radius 2 is 1.94 bits per heavy atom. The highest BCUT2D eigenvalue weighted by molar-refractivity contribution is 7.74. The molecule has 0 heterocycles. The van der Waals surface area contributed by atoms with Gasteiger partial charge in [0, 0.05) is 13.2 Å². The Kier molecular flexibility index (Phi) is 7.03. The molecule has 0 aliphatic rings. The Morgan fingerprint density at radius 1 is 1.35 bits per heavy atom. The van der Waals surface area contributed by atoms with Gasteiger partial charge in [0.25, 0.3) is 0 Å². The summed E-state index contributed by atoms with van der Waals surface area (Å²) in [5.74, 6) is -0.595. The standard InChI is InChI=1S/C9H19N2O5P/c1-5-16-8(12)6-10-17(14,15-4)9(13)11-7(2)3/h7H,5-6H2,1-4H3,(H,10,14)(H,11,13). The van der Waals surface area contributed by atoms with E-state index in [4.69, 9.17) is 0 Å².